The van der Waals surface area contributed by atoms with Crippen LogP contribution in [0.4, 0.5) is 16.2 Å². The minimum absolute atomic E-state index is 0.0529. The van der Waals surface area contributed by atoms with Gasteiger partial charge in [0.1, 0.15) is 5.75 Å². The van der Waals surface area contributed by atoms with Gasteiger partial charge in [-0.25, -0.2) is 4.79 Å². The van der Waals surface area contributed by atoms with Gasteiger partial charge in [-0.05, 0) is 55.7 Å². The number of benzene rings is 2. The molecule has 0 spiro atoms. The normalized spacial score (nSPS) is 13.8. The summed E-state index contributed by atoms with van der Waals surface area (Å²) in [7, 11) is 1.58. The van der Waals surface area contributed by atoms with Crippen molar-refractivity contribution >= 4 is 23.3 Å². The Morgan fingerprint density at radius 3 is 2.31 bits per heavy atom. The van der Waals surface area contributed by atoms with Crippen molar-refractivity contribution in [3.8, 4) is 5.75 Å². The SMILES string of the molecule is COc1cccc(NC(=O)Nc2ccc(C(=O)N3CCCCC3)cc2)c1. The fraction of sp³-hybridized carbons (Fsp3) is 0.300. The van der Waals surface area contributed by atoms with Gasteiger partial charge in [-0.15, -0.1) is 0 Å². The molecule has 1 aliphatic heterocycles. The Morgan fingerprint density at radius 2 is 1.62 bits per heavy atom. The van der Waals surface area contributed by atoms with Gasteiger partial charge in [0, 0.05) is 36.1 Å². The Morgan fingerprint density at radius 1 is 0.923 bits per heavy atom. The molecule has 2 aromatic carbocycles. The number of carbonyl (C=O) groups excluding carboxylic acids is 2. The molecular formula is C20H23N3O3. The molecule has 0 bridgehead atoms. The topological polar surface area (TPSA) is 70.7 Å². The maximum atomic E-state index is 12.4. The van der Waals surface area contributed by atoms with E-state index >= 15 is 0 Å². The van der Waals surface area contributed by atoms with Crippen LogP contribution in [-0.4, -0.2) is 37.0 Å². The molecule has 3 amide bonds. The summed E-state index contributed by atoms with van der Waals surface area (Å²) >= 11 is 0. The minimum Gasteiger partial charge on any atom is -0.497 e. The smallest absolute Gasteiger partial charge is 0.323 e. The molecule has 0 aromatic heterocycles. The lowest BCUT2D eigenvalue weighted by atomic mass is 10.1. The van der Waals surface area contributed by atoms with Crippen LogP contribution in [0.15, 0.2) is 48.5 Å². The maximum absolute atomic E-state index is 12.4. The first-order chi connectivity index (χ1) is 12.7. The Labute approximate surface area is 153 Å². The van der Waals surface area contributed by atoms with E-state index in [-0.39, 0.29) is 11.9 Å². The van der Waals surface area contributed by atoms with E-state index < -0.39 is 0 Å². The van der Waals surface area contributed by atoms with E-state index in [1.54, 1.807) is 55.6 Å². The Bertz CT molecular complexity index is 768. The zero-order chi connectivity index (χ0) is 18.4. The van der Waals surface area contributed by atoms with Crippen LogP contribution in [0.1, 0.15) is 29.6 Å². The Balaban J connectivity index is 1.58. The number of piperidine rings is 1. The highest BCUT2D eigenvalue weighted by Crippen LogP contribution is 2.18. The first-order valence-electron chi connectivity index (χ1n) is 8.77. The van der Waals surface area contributed by atoms with Crippen molar-refractivity contribution in [1.29, 1.82) is 0 Å². The lowest BCUT2D eigenvalue weighted by Gasteiger charge is -2.26. The number of hydrogen-bond acceptors (Lipinski definition) is 3. The Hall–Kier alpha value is -3.02. The quantitative estimate of drug-likeness (QED) is 0.874. The highest BCUT2D eigenvalue weighted by atomic mass is 16.5. The summed E-state index contributed by atoms with van der Waals surface area (Å²) in [6, 6.07) is 13.7. The average Bonchev–Trinajstić information content (AvgIpc) is 2.69. The average molecular weight is 353 g/mol. The van der Waals surface area contributed by atoms with Gasteiger partial charge in [0.15, 0.2) is 0 Å². The van der Waals surface area contributed by atoms with E-state index in [1.807, 2.05) is 4.90 Å². The first-order valence-corrected chi connectivity index (χ1v) is 8.77. The molecule has 2 N–H and O–H groups in total. The van der Waals surface area contributed by atoms with Crippen LogP contribution in [-0.2, 0) is 0 Å². The molecule has 3 rings (SSSR count). The molecule has 1 heterocycles. The number of anilines is 2. The summed E-state index contributed by atoms with van der Waals surface area (Å²) in [5.74, 6) is 0.723. The summed E-state index contributed by atoms with van der Waals surface area (Å²) in [6.45, 7) is 1.64. The molecule has 0 radical (unpaired) electrons. The lowest BCUT2D eigenvalue weighted by Crippen LogP contribution is -2.35. The van der Waals surface area contributed by atoms with E-state index in [4.69, 9.17) is 4.74 Å². The zero-order valence-corrected chi connectivity index (χ0v) is 14.8. The Kier molecular flexibility index (Phi) is 5.73. The number of hydrogen-bond donors (Lipinski definition) is 2. The molecular weight excluding hydrogens is 330 g/mol. The van der Waals surface area contributed by atoms with Gasteiger partial charge in [0.25, 0.3) is 5.91 Å². The number of rotatable bonds is 4. The lowest BCUT2D eigenvalue weighted by molar-refractivity contribution is 0.0724. The maximum Gasteiger partial charge on any atom is 0.323 e. The molecule has 0 saturated carbocycles. The van der Waals surface area contributed by atoms with Crippen molar-refractivity contribution in [2.75, 3.05) is 30.8 Å². The van der Waals surface area contributed by atoms with Crippen molar-refractivity contribution in [2.45, 2.75) is 19.3 Å². The summed E-state index contributed by atoms with van der Waals surface area (Å²) in [5, 5.41) is 5.51. The number of nitrogens with zero attached hydrogens (tertiary/aromatic N) is 1. The molecule has 6 heteroatoms. The van der Waals surface area contributed by atoms with E-state index in [2.05, 4.69) is 10.6 Å². The molecule has 136 valence electrons. The predicted octanol–water partition coefficient (Wildman–Crippen LogP) is 3.97. The van der Waals surface area contributed by atoms with Crippen LogP contribution in [0.25, 0.3) is 0 Å². The third-order valence-corrected chi connectivity index (χ3v) is 4.36. The number of amides is 3. The number of likely N-dealkylation sites (tertiary alicyclic amines) is 1. The largest absolute Gasteiger partial charge is 0.497 e. The van der Waals surface area contributed by atoms with Crippen LogP contribution in [0.5, 0.6) is 5.75 Å². The minimum atomic E-state index is -0.353. The summed E-state index contributed by atoms with van der Waals surface area (Å²) < 4.78 is 5.13. The summed E-state index contributed by atoms with van der Waals surface area (Å²) in [4.78, 5) is 26.4. The van der Waals surface area contributed by atoms with Crippen molar-refractivity contribution in [3.63, 3.8) is 0 Å². The molecule has 0 atom stereocenters. The number of nitrogens with one attached hydrogen (secondary N) is 2. The van der Waals surface area contributed by atoms with E-state index in [0.717, 1.165) is 25.9 Å². The van der Waals surface area contributed by atoms with Crippen molar-refractivity contribution < 1.29 is 14.3 Å². The third kappa shape index (κ3) is 4.53. The van der Waals surface area contributed by atoms with Crippen molar-refractivity contribution in [2.24, 2.45) is 0 Å². The highest BCUT2D eigenvalue weighted by Gasteiger charge is 2.17. The predicted molar refractivity (Wildman–Crippen MR) is 102 cm³/mol. The molecule has 1 saturated heterocycles. The van der Waals surface area contributed by atoms with Crippen LogP contribution in [0, 0.1) is 0 Å². The standard InChI is InChI=1S/C20H23N3O3/c1-26-18-7-5-6-17(14-18)22-20(25)21-16-10-8-15(9-11-16)19(24)23-12-3-2-4-13-23/h5-11,14H,2-4,12-13H2,1H3,(H2,21,22,25). The third-order valence-electron chi connectivity index (χ3n) is 4.36. The molecule has 0 unspecified atom stereocenters. The number of urea groups is 1. The second-order valence-corrected chi connectivity index (χ2v) is 6.24. The summed E-state index contributed by atoms with van der Waals surface area (Å²) in [6.07, 6.45) is 3.32. The van der Waals surface area contributed by atoms with E-state index in [9.17, 15) is 9.59 Å². The van der Waals surface area contributed by atoms with E-state index in [1.165, 1.54) is 6.42 Å². The van der Waals surface area contributed by atoms with Crippen LogP contribution >= 0.6 is 0 Å². The molecule has 2 aromatic rings. The molecule has 26 heavy (non-hydrogen) atoms. The van der Waals surface area contributed by atoms with Gasteiger partial charge >= 0.3 is 6.03 Å². The van der Waals surface area contributed by atoms with Gasteiger partial charge in [-0.2, -0.15) is 0 Å². The van der Waals surface area contributed by atoms with Crippen LogP contribution in [0.2, 0.25) is 0 Å². The highest BCUT2D eigenvalue weighted by molar-refractivity contribution is 6.00. The monoisotopic (exact) mass is 353 g/mol. The molecule has 1 fully saturated rings. The van der Waals surface area contributed by atoms with Crippen LogP contribution < -0.4 is 15.4 Å². The van der Waals surface area contributed by atoms with Gasteiger partial charge in [-0.1, -0.05) is 6.07 Å². The molecule has 1 aliphatic rings. The number of ether oxygens (including phenoxy) is 1. The number of carbonyl (C=O) groups is 2. The summed E-state index contributed by atoms with van der Waals surface area (Å²) in [5.41, 5.74) is 1.91. The van der Waals surface area contributed by atoms with E-state index in [0.29, 0.717) is 22.7 Å². The van der Waals surface area contributed by atoms with Gasteiger partial charge < -0.3 is 20.3 Å². The second kappa shape index (κ2) is 8.38. The van der Waals surface area contributed by atoms with Crippen molar-refractivity contribution in [3.05, 3.63) is 54.1 Å². The van der Waals surface area contributed by atoms with Gasteiger partial charge in [0.05, 0.1) is 7.11 Å². The zero-order valence-electron chi connectivity index (χ0n) is 14.8. The second-order valence-electron chi connectivity index (χ2n) is 6.24. The molecule has 0 aliphatic carbocycles. The molecule has 6 nitrogen and oxygen atoms in total. The van der Waals surface area contributed by atoms with Crippen LogP contribution in [0.3, 0.4) is 0 Å². The first kappa shape index (κ1) is 17.8. The van der Waals surface area contributed by atoms with Gasteiger partial charge in [-0.3, -0.25) is 4.79 Å². The van der Waals surface area contributed by atoms with Crippen molar-refractivity contribution in [1.82, 2.24) is 4.90 Å². The fourth-order valence-electron chi connectivity index (χ4n) is 2.97. The number of methoxy groups -OCH3 is 1. The van der Waals surface area contributed by atoms with Gasteiger partial charge in [0.2, 0.25) is 0 Å². The fourth-order valence-corrected chi connectivity index (χ4v) is 2.97.